The van der Waals surface area contributed by atoms with Crippen molar-refractivity contribution in [1.29, 1.82) is 0 Å². The van der Waals surface area contributed by atoms with Crippen molar-refractivity contribution >= 4 is 5.91 Å². The zero-order chi connectivity index (χ0) is 19.4. The van der Waals surface area contributed by atoms with Crippen LogP contribution in [0.2, 0.25) is 0 Å². The standard InChI is InChI=1S/C20H23FN2O4/c1-27-14-6-4-5-13(11-14)16(23-9-2-3-10-23)12-22-20(26)18-15(21)7-8-17(24)19(18)25/h4-8,11,16,24-25H,2-3,9-10,12H2,1H3,(H,22,26)/t16-/m1/s1. The summed E-state index contributed by atoms with van der Waals surface area (Å²) in [4.78, 5) is 14.7. The monoisotopic (exact) mass is 374 g/mol. The van der Waals surface area contributed by atoms with Gasteiger partial charge < -0.3 is 20.3 Å². The molecule has 3 rings (SSSR count). The number of rotatable bonds is 6. The maximum Gasteiger partial charge on any atom is 0.258 e. The van der Waals surface area contributed by atoms with Gasteiger partial charge in [0.2, 0.25) is 0 Å². The van der Waals surface area contributed by atoms with E-state index in [0.29, 0.717) is 0 Å². The van der Waals surface area contributed by atoms with Gasteiger partial charge in [-0.25, -0.2) is 4.39 Å². The molecule has 1 atom stereocenters. The second kappa shape index (κ2) is 8.26. The van der Waals surface area contributed by atoms with E-state index in [2.05, 4.69) is 10.2 Å². The van der Waals surface area contributed by atoms with Gasteiger partial charge in [0.05, 0.1) is 13.2 Å². The average Bonchev–Trinajstić information content (AvgIpc) is 3.20. The molecule has 0 bridgehead atoms. The molecule has 1 saturated heterocycles. The molecule has 3 N–H and O–H groups in total. The van der Waals surface area contributed by atoms with Crippen LogP contribution >= 0.6 is 0 Å². The first-order valence-corrected chi connectivity index (χ1v) is 8.88. The summed E-state index contributed by atoms with van der Waals surface area (Å²) in [5.74, 6) is -2.23. The zero-order valence-corrected chi connectivity index (χ0v) is 15.1. The molecule has 1 aliphatic heterocycles. The summed E-state index contributed by atoms with van der Waals surface area (Å²) in [5, 5.41) is 22.1. The van der Waals surface area contributed by atoms with Crippen LogP contribution in [0.4, 0.5) is 4.39 Å². The Labute approximate surface area is 157 Å². The van der Waals surface area contributed by atoms with Crippen LogP contribution < -0.4 is 10.1 Å². The number of methoxy groups -OCH3 is 1. The van der Waals surface area contributed by atoms with Gasteiger partial charge in [0.15, 0.2) is 11.5 Å². The van der Waals surface area contributed by atoms with E-state index in [4.69, 9.17) is 4.74 Å². The Morgan fingerprint density at radius 3 is 2.70 bits per heavy atom. The smallest absolute Gasteiger partial charge is 0.258 e. The maximum absolute atomic E-state index is 14.0. The molecule has 0 aromatic heterocycles. The number of halogens is 1. The number of benzene rings is 2. The Morgan fingerprint density at radius 1 is 1.26 bits per heavy atom. The first-order valence-electron chi connectivity index (χ1n) is 8.88. The van der Waals surface area contributed by atoms with E-state index in [0.717, 1.165) is 49.4 Å². The van der Waals surface area contributed by atoms with Crippen LogP contribution in [0.5, 0.6) is 17.2 Å². The Balaban J connectivity index is 1.81. The molecule has 0 saturated carbocycles. The lowest BCUT2D eigenvalue weighted by Crippen LogP contribution is -2.37. The van der Waals surface area contributed by atoms with Crippen LogP contribution in [0.3, 0.4) is 0 Å². The fourth-order valence-corrected chi connectivity index (χ4v) is 3.41. The summed E-state index contributed by atoms with van der Waals surface area (Å²) in [5.41, 5.74) is 0.429. The molecular weight excluding hydrogens is 351 g/mol. The number of carbonyl (C=O) groups is 1. The van der Waals surface area contributed by atoms with Crippen LogP contribution in [-0.2, 0) is 0 Å². The van der Waals surface area contributed by atoms with Crippen molar-refractivity contribution in [2.75, 3.05) is 26.7 Å². The summed E-state index contributed by atoms with van der Waals surface area (Å²) in [6.07, 6.45) is 2.16. The lowest BCUT2D eigenvalue weighted by molar-refractivity contribution is 0.0930. The number of hydrogen-bond acceptors (Lipinski definition) is 5. The lowest BCUT2D eigenvalue weighted by Gasteiger charge is -2.28. The molecule has 27 heavy (non-hydrogen) atoms. The molecule has 1 aliphatic rings. The summed E-state index contributed by atoms with van der Waals surface area (Å²) in [7, 11) is 1.60. The number of nitrogens with zero attached hydrogens (tertiary/aromatic N) is 1. The van der Waals surface area contributed by atoms with Crippen molar-refractivity contribution in [3.05, 3.63) is 53.3 Å². The van der Waals surface area contributed by atoms with Crippen LogP contribution in [0, 0.1) is 5.82 Å². The number of amides is 1. The predicted octanol–water partition coefficient (Wildman–Crippen LogP) is 2.81. The summed E-state index contributed by atoms with van der Waals surface area (Å²) < 4.78 is 19.3. The third-order valence-electron chi connectivity index (χ3n) is 4.85. The van der Waals surface area contributed by atoms with Gasteiger partial charge >= 0.3 is 0 Å². The van der Waals surface area contributed by atoms with Crippen molar-refractivity contribution in [2.45, 2.75) is 18.9 Å². The Bertz CT molecular complexity index is 822. The van der Waals surface area contributed by atoms with E-state index in [-0.39, 0.29) is 12.6 Å². The first-order chi connectivity index (χ1) is 13.0. The average molecular weight is 374 g/mol. The van der Waals surface area contributed by atoms with Gasteiger partial charge in [0.25, 0.3) is 5.91 Å². The molecule has 0 radical (unpaired) electrons. The molecule has 1 fully saturated rings. The number of ether oxygens (including phenoxy) is 1. The fourth-order valence-electron chi connectivity index (χ4n) is 3.41. The highest BCUT2D eigenvalue weighted by atomic mass is 19.1. The van der Waals surface area contributed by atoms with Crippen molar-refractivity contribution in [2.24, 2.45) is 0 Å². The van der Waals surface area contributed by atoms with Gasteiger partial charge in [-0.1, -0.05) is 12.1 Å². The molecule has 144 valence electrons. The zero-order valence-electron chi connectivity index (χ0n) is 15.1. The summed E-state index contributed by atoms with van der Waals surface area (Å²) >= 11 is 0. The molecule has 0 aliphatic carbocycles. The van der Waals surface area contributed by atoms with E-state index in [1.807, 2.05) is 24.3 Å². The van der Waals surface area contributed by atoms with E-state index in [1.165, 1.54) is 0 Å². The van der Waals surface area contributed by atoms with Crippen LogP contribution in [-0.4, -0.2) is 47.8 Å². The van der Waals surface area contributed by atoms with Gasteiger partial charge in [-0.15, -0.1) is 0 Å². The summed E-state index contributed by atoms with van der Waals surface area (Å²) in [6.45, 7) is 2.05. The number of carbonyl (C=O) groups excluding carboxylic acids is 1. The van der Waals surface area contributed by atoms with Crippen LogP contribution in [0.25, 0.3) is 0 Å². The minimum atomic E-state index is -0.887. The van der Waals surface area contributed by atoms with Crippen molar-refractivity contribution in [3.8, 4) is 17.2 Å². The van der Waals surface area contributed by atoms with Gasteiger partial charge in [0.1, 0.15) is 17.1 Å². The molecule has 1 amide bonds. The molecule has 0 unspecified atom stereocenters. The van der Waals surface area contributed by atoms with Crippen molar-refractivity contribution in [3.63, 3.8) is 0 Å². The number of phenolic OH excluding ortho intramolecular Hbond substituents is 2. The third-order valence-corrected chi connectivity index (χ3v) is 4.85. The van der Waals surface area contributed by atoms with Gasteiger partial charge in [-0.2, -0.15) is 0 Å². The third kappa shape index (κ3) is 4.14. The quantitative estimate of drug-likeness (QED) is 0.678. The number of likely N-dealkylation sites (tertiary alicyclic amines) is 1. The Hall–Kier alpha value is -2.80. The second-order valence-electron chi connectivity index (χ2n) is 6.54. The molecule has 2 aromatic carbocycles. The van der Waals surface area contributed by atoms with E-state index in [9.17, 15) is 19.4 Å². The topological polar surface area (TPSA) is 82.0 Å². The first kappa shape index (κ1) is 19.0. The van der Waals surface area contributed by atoms with Gasteiger partial charge in [0, 0.05) is 6.54 Å². The van der Waals surface area contributed by atoms with E-state index in [1.54, 1.807) is 7.11 Å². The van der Waals surface area contributed by atoms with Gasteiger partial charge in [-0.05, 0) is 55.8 Å². The highest BCUT2D eigenvalue weighted by molar-refractivity contribution is 5.97. The normalized spacial score (nSPS) is 15.5. The van der Waals surface area contributed by atoms with Crippen LogP contribution in [0.1, 0.15) is 34.8 Å². The lowest BCUT2D eigenvalue weighted by atomic mass is 10.0. The largest absolute Gasteiger partial charge is 0.504 e. The fraction of sp³-hybridized carbons (Fsp3) is 0.350. The minimum absolute atomic E-state index is 0.103. The number of nitrogens with one attached hydrogen (secondary N) is 1. The number of hydrogen-bond donors (Lipinski definition) is 3. The SMILES string of the molecule is COc1cccc([C@@H](CNC(=O)c2c(F)ccc(O)c2O)N2CCCC2)c1. The van der Waals surface area contributed by atoms with E-state index < -0.39 is 28.8 Å². The molecule has 0 spiro atoms. The Morgan fingerprint density at radius 2 is 2.00 bits per heavy atom. The number of aromatic hydroxyl groups is 2. The van der Waals surface area contributed by atoms with E-state index >= 15 is 0 Å². The predicted molar refractivity (Wildman–Crippen MR) is 98.6 cm³/mol. The molecular formula is C20H23FN2O4. The molecule has 1 heterocycles. The highest BCUT2D eigenvalue weighted by Crippen LogP contribution is 2.31. The number of phenols is 2. The van der Waals surface area contributed by atoms with Gasteiger partial charge in [-0.3, -0.25) is 9.69 Å². The van der Waals surface area contributed by atoms with Crippen molar-refractivity contribution in [1.82, 2.24) is 10.2 Å². The Kier molecular flexibility index (Phi) is 5.81. The maximum atomic E-state index is 14.0. The minimum Gasteiger partial charge on any atom is -0.504 e. The van der Waals surface area contributed by atoms with Crippen molar-refractivity contribution < 1.29 is 24.1 Å². The second-order valence-corrected chi connectivity index (χ2v) is 6.54. The molecule has 7 heteroatoms. The molecule has 6 nitrogen and oxygen atoms in total. The van der Waals surface area contributed by atoms with Crippen LogP contribution in [0.15, 0.2) is 36.4 Å². The molecule has 2 aromatic rings. The summed E-state index contributed by atoms with van der Waals surface area (Å²) in [6, 6.07) is 9.47. The highest BCUT2D eigenvalue weighted by Gasteiger charge is 2.26.